The third kappa shape index (κ3) is 6.42. The zero-order valence-corrected chi connectivity index (χ0v) is 26.2. The molecule has 1 fully saturated rings. The Morgan fingerprint density at radius 2 is 1.69 bits per heavy atom. The highest BCUT2D eigenvalue weighted by Crippen LogP contribution is 2.37. The number of amides is 1. The lowest BCUT2D eigenvalue weighted by atomic mass is 9.86. The fourth-order valence-electron chi connectivity index (χ4n) is 5.68. The highest BCUT2D eigenvalue weighted by molar-refractivity contribution is 6.39. The molecule has 1 unspecified atom stereocenters. The SMILES string of the molecule is C[C@@H]1CN(C(=O)c2[nH]ccc2-c2c(Cl)cccc2Cl)C[C@H](C)N1Cc1cn(CC(O)c2ccc(C(C)(C)C)cc2)nn1. The van der Waals surface area contributed by atoms with Crippen LogP contribution in [0.15, 0.2) is 60.9 Å². The van der Waals surface area contributed by atoms with Gasteiger partial charge in [0.2, 0.25) is 0 Å². The summed E-state index contributed by atoms with van der Waals surface area (Å²) in [5, 5.41) is 20.5. The van der Waals surface area contributed by atoms with Crippen molar-refractivity contribution < 1.29 is 9.90 Å². The van der Waals surface area contributed by atoms with Crippen LogP contribution >= 0.6 is 23.2 Å². The van der Waals surface area contributed by atoms with Gasteiger partial charge in [-0.15, -0.1) is 5.10 Å². The maximum Gasteiger partial charge on any atom is 0.271 e. The maximum atomic E-state index is 13.7. The van der Waals surface area contributed by atoms with Gasteiger partial charge in [-0.3, -0.25) is 9.69 Å². The number of aliphatic hydroxyl groups excluding tert-OH is 1. The van der Waals surface area contributed by atoms with Crippen LogP contribution in [0.5, 0.6) is 0 Å². The predicted octanol–water partition coefficient (Wildman–Crippen LogP) is 6.35. The van der Waals surface area contributed by atoms with Gasteiger partial charge in [-0.2, -0.15) is 0 Å². The number of carbonyl (C=O) groups is 1. The van der Waals surface area contributed by atoms with Crippen molar-refractivity contribution in [3.8, 4) is 11.1 Å². The summed E-state index contributed by atoms with van der Waals surface area (Å²) in [6, 6.07) is 15.5. The number of nitrogens with one attached hydrogen (secondary N) is 1. The van der Waals surface area contributed by atoms with Gasteiger partial charge in [0.25, 0.3) is 5.91 Å². The summed E-state index contributed by atoms with van der Waals surface area (Å²) in [6.07, 6.45) is 2.95. The van der Waals surface area contributed by atoms with E-state index in [0.29, 0.717) is 53.0 Å². The molecule has 4 aromatic rings. The summed E-state index contributed by atoms with van der Waals surface area (Å²) in [5.41, 5.74) is 4.79. The highest BCUT2D eigenvalue weighted by atomic mass is 35.5. The maximum absolute atomic E-state index is 13.7. The Kier molecular flexibility index (Phi) is 8.81. The molecule has 0 spiro atoms. The summed E-state index contributed by atoms with van der Waals surface area (Å²) in [6.45, 7) is 12.8. The van der Waals surface area contributed by atoms with Crippen molar-refractivity contribution in [1.29, 1.82) is 0 Å². The number of piperazine rings is 1. The van der Waals surface area contributed by atoms with Crippen molar-refractivity contribution in [2.24, 2.45) is 0 Å². The van der Waals surface area contributed by atoms with Crippen molar-refractivity contribution in [2.75, 3.05) is 13.1 Å². The molecule has 0 saturated carbocycles. The number of rotatable bonds is 7. The number of aliphatic hydroxyl groups is 1. The first kappa shape index (κ1) is 30.3. The van der Waals surface area contributed by atoms with E-state index in [1.165, 1.54) is 5.56 Å². The molecule has 10 heteroatoms. The van der Waals surface area contributed by atoms with Crippen LogP contribution in [0.1, 0.15) is 68.0 Å². The number of aromatic nitrogens is 4. The molecule has 5 rings (SSSR count). The van der Waals surface area contributed by atoms with Gasteiger partial charge in [0.1, 0.15) is 5.69 Å². The molecule has 0 radical (unpaired) electrons. The topological polar surface area (TPSA) is 90.3 Å². The van der Waals surface area contributed by atoms with E-state index in [4.69, 9.17) is 23.2 Å². The summed E-state index contributed by atoms with van der Waals surface area (Å²) in [7, 11) is 0. The van der Waals surface area contributed by atoms with Crippen molar-refractivity contribution in [1.82, 2.24) is 29.8 Å². The number of H-pyrrole nitrogens is 1. The van der Waals surface area contributed by atoms with Crippen LogP contribution in [0.25, 0.3) is 11.1 Å². The number of hydrogen-bond donors (Lipinski definition) is 2. The van der Waals surface area contributed by atoms with E-state index >= 15 is 0 Å². The summed E-state index contributed by atoms with van der Waals surface area (Å²) in [5.74, 6) is -0.0835. The lowest BCUT2D eigenvalue weighted by molar-refractivity contribution is 0.0261. The Morgan fingerprint density at radius 3 is 2.31 bits per heavy atom. The number of benzene rings is 2. The van der Waals surface area contributed by atoms with Crippen molar-refractivity contribution >= 4 is 29.1 Å². The number of halogens is 2. The van der Waals surface area contributed by atoms with Crippen LogP contribution in [0.3, 0.4) is 0 Å². The van der Waals surface area contributed by atoms with Crippen LogP contribution in [-0.4, -0.2) is 66.0 Å². The van der Waals surface area contributed by atoms with Gasteiger partial charge in [0, 0.05) is 65.3 Å². The third-order valence-corrected chi connectivity index (χ3v) is 8.66. The Bertz CT molecular complexity index is 1510. The molecule has 3 heterocycles. The molecule has 2 N–H and O–H groups in total. The molecular formula is C32H38Cl2N6O2. The van der Waals surface area contributed by atoms with E-state index in [2.05, 4.69) is 66.9 Å². The van der Waals surface area contributed by atoms with E-state index in [1.807, 2.05) is 29.3 Å². The van der Waals surface area contributed by atoms with E-state index in [9.17, 15) is 9.90 Å². The minimum absolute atomic E-state index is 0.0624. The van der Waals surface area contributed by atoms with Crippen molar-refractivity contribution in [2.45, 2.75) is 71.3 Å². The van der Waals surface area contributed by atoms with Crippen molar-refractivity contribution in [3.63, 3.8) is 0 Å². The van der Waals surface area contributed by atoms with Crippen LogP contribution in [0.2, 0.25) is 10.0 Å². The average molecular weight is 610 g/mol. The summed E-state index contributed by atoms with van der Waals surface area (Å²) in [4.78, 5) is 21.0. The lowest BCUT2D eigenvalue weighted by Gasteiger charge is -2.44. The predicted molar refractivity (Wildman–Crippen MR) is 167 cm³/mol. The Balaban J connectivity index is 1.22. The quantitative estimate of drug-likeness (QED) is 0.255. The zero-order valence-electron chi connectivity index (χ0n) is 24.7. The summed E-state index contributed by atoms with van der Waals surface area (Å²) >= 11 is 12.9. The fraction of sp³-hybridized carbons (Fsp3) is 0.406. The molecular weight excluding hydrogens is 571 g/mol. The van der Waals surface area contributed by atoms with Gasteiger partial charge in [0.05, 0.1) is 18.3 Å². The highest BCUT2D eigenvalue weighted by Gasteiger charge is 2.34. The second-order valence-electron chi connectivity index (χ2n) is 12.3. The molecule has 222 valence electrons. The van der Waals surface area contributed by atoms with Gasteiger partial charge in [-0.05, 0) is 48.6 Å². The summed E-state index contributed by atoms with van der Waals surface area (Å²) < 4.78 is 1.69. The van der Waals surface area contributed by atoms with E-state index in [-0.39, 0.29) is 23.4 Å². The van der Waals surface area contributed by atoms with E-state index in [1.54, 1.807) is 29.1 Å². The van der Waals surface area contributed by atoms with Crippen LogP contribution < -0.4 is 0 Å². The second-order valence-corrected chi connectivity index (χ2v) is 13.1. The first-order valence-corrected chi connectivity index (χ1v) is 15.0. The standard InChI is InChI=1S/C32H38Cl2N6O2/c1-20-15-38(31(42)30-25(13-14-35-30)29-26(33)7-6-8-27(29)34)16-21(2)40(20)18-24-17-39(37-36-24)19-28(41)22-9-11-23(12-10-22)32(3,4)5/h6-14,17,20-21,28,35,41H,15-16,18-19H2,1-5H3/t20-,21+,28?. The molecule has 0 aliphatic carbocycles. The molecule has 1 aliphatic heterocycles. The first-order valence-electron chi connectivity index (χ1n) is 14.3. The largest absolute Gasteiger partial charge is 0.386 e. The van der Waals surface area contributed by atoms with Gasteiger partial charge >= 0.3 is 0 Å². The fourth-order valence-corrected chi connectivity index (χ4v) is 6.28. The van der Waals surface area contributed by atoms with Crippen LogP contribution in [-0.2, 0) is 18.5 Å². The molecule has 2 aromatic carbocycles. The van der Waals surface area contributed by atoms with E-state index in [0.717, 1.165) is 11.3 Å². The van der Waals surface area contributed by atoms with Gasteiger partial charge in [-0.25, -0.2) is 4.68 Å². The third-order valence-electron chi connectivity index (χ3n) is 8.03. The van der Waals surface area contributed by atoms with Gasteiger partial charge in [0.15, 0.2) is 0 Å². The molecule has 1 amide bonds. The van der Waals surface area contributed by atoms with Gasteiger partial charge < -0.3 is 15.0 Å². The molecule has 8 nitrogen and oxygen atoms in total. The van der Waals surface area contributed by atoms with Crippen molar-refractivity contribution in [3.05, 3.63) is 93.5 Å². The molecule has 0 bridgehead atoms. The van der Waals surface area contributed by atoms with Crippen LogP contribution in [0.4, 0.5) is 0 Å². The number of aromatic amines is 1. The molecule has 2 aromatic heterocycles. The number of hydrogen-bond acceptors (Lipinski definition) is 5. The molecule has 42 heavy (non-hydrogen) atoms. The Morgan fingerprint density at radius 1 is 1.05 bits per heavy atom. The second kappa shape index (κ2) is 12.2. The normalized spacial score (nSPS) is 18.8. The smallest absolute Gasteiger partial charge is 0.271 e. The zero-order chi connectivity index (χ0) is 30.2. The Labute approximate surface area is 257 Å². The first-order chi connectivity index (χ1) is 19.9. The minimum Gasteiger partial charge on any atom is -0.386 e. The Hall–Kier alpha value is -3.17. The monoisotopic (exact) mass is 608 g/mol. The lowest BCUT2D eigenvalue weighted by Crippen LogP contribution is -2.57. The molecule has 1 saturated heterocycles. The number of nitrogens with zero attached hydrogens (tertiary/aromatic N) is 5. The molecule has 1 aliphatic rings. The van der Waals surface area contributed by atoms with Gasteiger partial charge in [-0.1, -0.05) is 79.5 Å². The minimum atomic E-state index is -0.681. The average Bonchev–Trinajstić information content (AvgIpc) is 3.59. The van der Waals surface area contributed by atoms with Crippen LogP contribution in [0, 0.1) is 0 Å². The molecule has 3 atom stereocenters. The van der Waals surface area contributed by atoms with E-state index < -0.39 is 6.10 Å². The number of carbonyl (C=O) groups excluding carboxylic acids is 1.